The maximum Gasteiger partial charge on any atom is 0.348 e. The van der Waals surface area contributed by atoms with E-state index in [1.165, 1.54) is 14.2 Å². The maximum absolute atomic E-state index is 12.1. The first-order chi connectivity index (χ1) is 12.9. The van der Waals surface area contributed by atoms with E-state index < -0.39 is 30.4 Å². The summed E-state index contributed by atoms with van der Waals surface area (Å²) in [4.78, 5) is 48.0. The van der Waals surface area contributed by atoms with E-state index in [-0.39, 0.29) is 15.4 Å². The van der Waals surface area contributed by atoms with Crippen molar-refractivity contribution in [3.05, 3.63) is 51.9 Å². The van der Waals surface area contributed by atoms with Crippen LogP contribution in [-0.4, -0.2) is 44.6 Å². The van der Waals surface area contributed by atoms with Gasteiger partial charge in [0.05, 0.1) is 25.3 Å². The van der Waals surface area contributed by atoms with E-state index in [4.69, 9.17) is 9.47 Å². The molecular weight excluding hydrogens is 374 g/mol. The number of carbonyl (C=O) groups is 4. The number of thiophene rings is 1. The Labute approximate surface area is 159 Å². The molecule has 8 nitrogen and oxygen atoms in total. The summed E-state index contributed by atoms with van der Waals surface area (Å²) in [5.74, 6) is -2.67. The molecule has 1 aromatic carbocycles. The summed E-state index contributed by atoms with van der Waals surface area (Å²) in [6.07, 6.45) is 0. The molecule has 0 spiro atoms. The van der Waals surface area contributed by atoms with Gasteiger partial charge in [0.25, 0.3) is 5.91 Å². The van der Waals surface area contributed by atoms with Gasteiger partial charge in [-0.15, -0.1) is 11.3 Å². The van der Waals surface area contributed by atoms with Crippen LogP contribution >= 0.6 is 11.3 Å². The summed E-state index contributed by atoms with van der Waals surface area (Å²) in [5.41, 5.74) is 0.682. The summed E-state index contributed by atoms with van der Waals surface area (Å²) >= 11 is 0.874. The Morgan fingerprint density at radius 1 is 0.963 bits per heavy atom. The van der Waals surface area contributed by atoms with Gasteiger partial charge in [-0.2, -0.15) is 0 Å². The van der Waals surface area contributed by atoms with Crippen LogP contribution in [0.15, 0.2) is 30.3 Å². The Kier molecular flexibility index (Phi) is 6.67. The van der Waals surface area contributed by atoms with Crippen molar-refractivity contribution in [2.24, 2.45) is 0 Å². The summed E-state index contributed by atoms with van der Waals surface area (Å²) in [6.45, 7) is 0.985. The predicted molar refractivity (Wildman–Crippen MR) is 97.1 cm³/mol. The lowest BCUT2D eigenvalue weighted by atomic mass is 10.1. The number of amides is 1. The van der Waals surface area contributed by atoms with Crippen LogP contribution in [0.4, 0.5) is 5.00 Å². The third kappa shape index (κ3) is 4.70. The number of esters is 3. The number of hydrogen-bond donors (Lipinski definition) is 1. The minimum Gasteiger partial charge on any atom is -0.465 e. The van der Waals surface area contributed by atoms with Crippen LogP contribution < -0.4 is 5.32 Å². The molecule has 1 heterocycles. The molecule has 2 rings (SSSR count). The van der Waals surface area contributed by atoms with Gasteiger partial charge < -0.3 is 19.5 Å². The highest BCUT2D eigenvalue weighted by Crippen LogP contribution is 2.34. The third-order valence-electron chi connectivity index (χ3n) is 3.50. The van der Waals surface area contributed by atoms with Crippen LogP contribution in [0.5, 0.6) is 0 Å². The van der Waals surface area contributed by atoms with E-state index in [0.29, 0.717) is 11.1 Å². The highest BCUT2D eigenvalue weighted by atomic mass is 32.1. The summed E-state index contributed by atoms with van der Waals surface area (Å²) in [7, 11) is 2.39. The van der Waals surface area contributed by atoms with Gasteiger partial charge in [-0.1, -0.05) is 18.2 Å². The Morgan fingerprint density at radius 2 is 1.59 bits per heavy atom. The number of anilines is 1. The molecule has 0 aliphatic carbocycles. The van der Waals surface area contributed by atoms with Crippen molar-refractivity contribution >= 4 is 40.2 Å². The van der Waals surface area contributed by atoms with Gasteiger partial charge >= 0.3 is 17.9 Å². The van der Waals surface area contributed by atoms with Gasteiger partial charge in [0.1, 0.15) is 9.88 Å². The molecule has 0 saturated heterocycles. The molecule has 9 heteroatoms. The second-order valence-corrected chi connectivity index (χ2v) is 6.25. The van der Waals surface area contributed by atoms with Crippen molar-refractivity contribution in [1.29, 1.82) is 0 Å². The SMILES string of the molecule is COC(=O)c1sc(NC(=O)COC(=O)c2ccccc2)c(C(=O)OC)c1C. The summed E-state index contributed by atoms with van der Waals surface area (Å²) in [6, 6.07) is 8.20. The van der Waals surface area contributed by atoms with Gasteiger partial charge in [0.2, 0.25) is 0 Å². The summed E-state index contributed by atoms with van der Waals surface area (Å²) < 4.78 is 14.3. The first-order valence-corrected chi connectivity index (χ1v) is 8.52. The molecule has 142 valence electrons. The molecule has 0 aliphatic heterocycles. The number of hydrogen-bond acceptors (Lipinski definition) is 8. The fourth-order valence-electron chi connectivity index (χ4n) is 2.19. The minimum atomic E-state index is -0.713. The van der Waals surface area contributed by atoms with Gasteiger partial charge in [-0.3, -0.25) is 4.79 Å². The van der Waals surface area contributed by atoms with Crippen LogP contribution in [0.25, 0.3) is 0 Å². The van der Waals surface area contributed by atoms with Crippen LogP contribution in [-0.2, 0) is 19.0 Å². The van der Waals surface area contributed by atoms with Gasteiger partial charge in [0.15, 0.2) is 6.61 Å². The zero-order chi connectivity index (χ0) is 20.0. The number of ether oxygens (including phenoxy) is 3. The number of nitrogens with one attached hydrogen (secondary N) is 1. The first-order valence-electron chi connectivity index (χ1n) is 7.71. The molecule has 0 atom stereocenters. The lowest BCUT2D eigenvalue weighted by molar-refractivity contribution is -0.119. The quantitative estimate of drug-likeness (QED) is 0.595. The molecule has 0 bridgehead atoms. The Balaban J connectivity index is 2.13. The molecule has 27 heavy (non-hydrogen) atoms. The molecular formula is C18H17NO7S. The number of methoxy groups -OCH3 is 2. The van der Waals surface area contributed by atoms with Gasteiger partial charge in [0, 0.05) is 0 Å². The fourth-order valence-corrected chi connectivity index (χ4v) is 3.32. The number of carbonyl (C=O) groups excluding carboxylic acids is 4. The Hall–Kier alpha value is -3.20. The normalized spacial score (nSPS) is 10.0. The van der Waals surface area contributed by atoms with Crippen molar-refractivity contribution in [3.63, 3.8) is 0 Å². The molecule has 0 fully saturated rings. The molecule has 0 radical (unpaired) electrons. The third-order valence-corrected chi connectivity index (χ3v) is 4.69. The molecule has 0 aliphatic rings. The fraction of sp³-hybridized carbons (Fsp3) is 0.222. The van der Waals surface area contributed by atoms with E-state index in [2.05, 4.69) is 10.1 Å². The lowest BCUT2D eigenvalue weighted by Crippen LogP contribution is -2.21. The van der Waals surface area contributed by atoms with Crippen molar-refractivity contribution in [2.75, 3.05) is 26.1 Å². The van der Waals surface area contributed by atoms with Crippen molar-refractivity contribution in [2.45, 2.75) is 6.92 Å². The number of benzene rings is 1. The molecule has 2 aromatic rings. The average molecular weight is 391 g/mol. The highest BCUT2D eigenvalue weighted by molar-refractivity contribution is 7.18. The Morgan fingerprint density at radius 3 is 2.19 bits per heavy atom. The van der Waals surface area contributed by atoms with Crippen molar-refractivity contribution < 1.29 is 33.4 Å². The molecule has 1 N–H and O–H groups in total. The smallest absolute Gasteiger partial charge is 0.348 e. The van der Waals surface area contributed by atoms with Crippen LogP contribution in [0.3, 0.4) is 0 Å². The van der Waals surface area contributed by atoms with Crippen molar-refractivity contribution in [1.82, 2.24) is 0 Å². The van der Waals surface area contributed by atoms with E-state index in [0.717, 1.165) is 11.3 Å². The molecule has 0 saturated carbocycles. The first kappa shape index (κ1) is 20.1. The van der Waals surface area contributed by atoms with E-state index >= 15 is 0 Å². The molecule has 0 unspecified atom stereocenters. The molecule has 1 aromatic heterocycles. The predicted octanol–water partition coefficient (Wildman–Crippen LogP) is 2.43. The van der Waals surface area contributed by atoms with E-state index in [1.54, 1.807) is 37.3 Å². The average Bonchev–Trinajstić information content (AvgIpc) is 3.01. The van der Waals surface area contributed by atoms with Crippen LogP contribution in [0, 0.1) is 6.92 Å². The van der Waals surface area contributed by atoms with Crippen molar-refractivity contribution in [3.8, 4) is 0 Å². The topological polar surface area (TPSA) is 108 Å². The van der Waals surface area contributed by atoms with Crippen LogP contribution in [0.2, 0.25) is 0 Å². The van der Waals surface area contributed by atoms with Gasteiger partial charge in [-0.25, -0.2) is 14.4 Å². The second kappa shape index (κ2) is 8.95. The lowest BCUT2D eigenvalue weighted by Gasteiger charge is -2.07. The second-order valence-electron chi connectivity index (χ2n) is 5.23. The van der Waals surface area contributed by atoms with E-state index in [9.17, 15) is 19.2 Å². The zero-order valence-electron chi connectivity index (χ0n) is 14.9. The summed E-state index contributed by atoms with van der Waals surface area (Å²) in [5, 5.41) is 2.58. The standard InChI is InChI=1S/C18H17NO7S/c1-10-13(17(22)24-2)15(27-14(10)18(23)25-3)19-12(20)9-26-16(21)11-7-5-4-6-8-11/h4-8H,9H2,1-3H3,(H,19,20). The largest absolute Gasteiger partial charge is 0.465 e. The monoisotopic (exact) mass is 391 g/mol. The van der Waals surface area contributed by atoms with Crippen LogP contribution in [0.1, 0.15) is 36.0 Å². The number of rotatable bonds is 6. The Bertz CT molecular complexity index is 873. The highest BCUT2D eigenvalue weighted by Gasteiger charge is 2.27. The molecule has 1 amide bonds. The zero-order valence-corrected chi connectivity index (χ0v) is 15.7. The maximum atomic E-state index is 12.1. The van der Waals surface area contributed by atoms with Gasteiger partial charge in [-0.05, 0) is 24.6 Å². The van der Waals surface area contributed by atoms with E-state index in [1.807, 2.05) is 0 Å². The minimum absolute atomic E-state index is 0.0469.